The van der Waals surface area contributed by atoms with Crippen LogP contribution in [0.15, 0.2) is 24.3 Å². The normalized spacial score (nSPS) is 10.6. The topological polar surface area (TPSA) is 63.5 Å². The van der Waals surface area contributed by atoms with Gasteiger partial charge in [-0.3, -0.25) is 14.9 Å². The van der Waals surface area contributed by atoms with Crippen molar-refractivity contribution in [3.8, 4) is 0 Å². The standard InChI is InChI=1S/C14H19BrN2O3/c1-3-12(4-2)16(9-8-15)14(18)11-6-5-7-13(10-11)17(19)20/h5-7,10,12H,3-4,8-9H2,1-2H3. The van der Waals surface area contributed by atoms with Crippen molar-refractivity contribution in [2.45, 2.75) is 32.7 Å². The van der Waals surface area contributed by atoms with Crippen LogP contribution in [0.5, 0.6) is 0 Å². The van der Waals surface area contributed by atoms with Crippen LogP contribution in [-0.4, -0.2) is 33.6 Å². The van der Waals surface area contributed by atoms with Crippen LogP contribution in [0.2, 0.25) is 0 Å². The molecule has 1 aromatic rings. The lowest BCUT2D eigenvalue weighted by molar-refractivity contribution is -0.384. The molecule has 6 heteroatoms. The van der Waals surface area contributed by atoms with Gasteiger partial charge in [0.2, 0.25) is 0 Å². The summed E-state index contributed by atoms with van der Waals surface area (Å²) >= 11 is 3.35. The molecule has 0 aliphatic rings. The molecule has 0 fully saturated rings. The molecule has 0 atom stereocenters. The summed E-state index contributed by atoms with van der Waals surface area (Å²) in [5.41, 5.74) is 0.311. The molecule has 1 rings (SSSR count). The fraction of sp³-hybridized carbons (Fsp3) is 0.500. The molecule has 0 aliphatic heterocycles. The number of hydrogen-bond donors (Lipinski definition) is 0. The van der Waals surface area contributed by atoms with Crippen molar-refractivity contribution in [3.05, 3.63) is 39.9 Å². The van der Waals surface area contributed by atoms with E-state index in [1.807, 2.05) is 13.8 Å². The molecule has 0 spiro atoms. The first-order valence-corrected chi connectivity index (χ1v) is 7.78. The fourth-order valence-corrected chi connectivity index (χ4v) is 2.57. The number of benzene rings is 1. The predicted molar refractivity (Wildman–Crippen MR) is 82.3 cm³/mol. The number of nitrogens with zero attached hydrogens (tertiary/aromatic N) is 2. The van der Waals surface area contributed by atoms with E-state index in [0.29, 0.717) is 17.4 Å². The van der Waals surface area contributed by atoms with Crippen molar-refractivity contribution in [2.75, 3.05) is 11.9 Å². The van der Waals surface area contributed by atoms with Gasteiger partial charge in [-0.1, -0.05) is 35.8 Å². The van der Waals surface area contributed by atoms with E-state index in [2.05, 4.69) is 15.9 Å². The Labute approximate surface area is 127 Å². The highest BCUT2D eigenvalue weighted by Crippen LogP contribution is 2.18. The second-order valence-electron chi connectivity index (χ2n) is 4.47. The number of non-ortho nitro benzene ring substituents is 1. The number of carbonyl (C=O) groups excluding carboxylic acids is 1. The lowest BCUT2D eigenvalue weighted by atomic mass is 10.1. The number of alkyl halides is 1. The molecule has 0 saturated heterocycles. The molecule has 0 N–H and O–H groups in total. The van der Waals surface area contributed by atoms with Gasteiger partial charge in [0, 0.05) is 35.6 Å². The Bertz CT molecular complexity index is 475. The van der Waals surface area contributed by atoms with E-state index in [1.54, 1.807) is 17.0 Å². The third-order valence-corrected chi connectivity index (χ3v) is 3.63. The highest BCUT2D eigenvalue weighted by Gasteiger charge is 2.23. The van der Waals surface area contributed by atoms with Crippen molar-refractivity contribution in [1.82, 2.24) is 4.90 Å². The van der Waals surface area contributed by atoms with Gasteiger partial charge in [0.25, 0.3) is 11.6 Å². The number of rotatable bonds is 7. The van der Waals surface area contributed by atoms with Gasteiger partial charge in [-0.2, -0.15) is 0 Å². The lowest BCUT2D eigenvalue weighted by Gasteiger charge is -2.30. The predicted octanol–water partition coefficient (Wildman–Crippen LogP) is 3.62. The van der Waals surface area contributed by atoms with Crippen molar-refractivity contribution in [3.63, 3.8) is 0 Å². The molecule has 1 amide bonds. The third kappa shape index (κ3) is 4.03. The van der Waals surface area contributed by atoms with Crippen LogP contribution >= 0.6 is 15.9 Å². The highest BCUT2D eigenvalue weighted by molar-refractivity contribution is 9.09. The number of nitro benzene ring substituents is 1. The van der Waals surface area contributed by atoms with E-state index >= 15 is 0 Å². The molecule has 0 unspecified atom stereocenters. The van der Waals surface area contributed by atoms with Crippen LogP contribution in [0.3, 0.4) is 0 Å². The van der Waals surface area contributed by atoms with Crippen LogP contribution in [0.25, 0.3) is 0 Å². The van der Waals surface area contributed by atoms with Crippen molar-refractivity contribution in [1.29, 1.82) is 0 Å². The second kappa shape index (κ2) is 7.99. The monoisotopic (exact) mass is 342 g/mol. The minimum atomic E-state index is -0.483. The van der Waals surface area contributed by atoms with E-state index in [9.17, 15) is 14.9 Å². The van der Waals surface area contributed by atoms with Crippen molar-refractivity contribution >= 4 is 27.5 Å². The maximum atomic E-state index is 12.6. The van der Waals surface area contributed by atoms with E-state index in [-0.39, 0.29) is 17.6 Å². The van der Waals surface area contributed by atoms with Gasteiger partial charge in [-0.25, -0.2) is 0 Å². The number of hydrogen-bond acceptors (Lipinski definition) is 3. The zero-order valence-electron chi connectivity index (χ0n) is 11.7. The Hall–Kier alpha value is -1.43. The zero-order chi connectivity index (χ0) is 15.1. The minimum Gasteiger partial charge on any atom is -0.335 e. The molecule has 0 radical (unpaired) electrons. The number of amides is 1. The summed E-state index contributed by atoms with van der Waals surface area (Å²) in [5.74, 6) is -0.151. The van der Waals surface area contributed by atoms with Gasteiger partial charge >= 0.3 is 0 Å². The summed E-state index contributed by atoms with van der Waals surface area (Å²) in [6, 6.07) is 6.05. The first kappa shape index (κ1) is 16.6. The largest absolute Gasteiger partial charge is 0.335 e. The van der Waals surface area contributed by atoms with E-state index in [1.165, 1.54) is 12.1 Å². The minimum absolute atomic E-state index is 0.0563. The van der Waals surface area contributed by atoms with Gasteiger partial charge in [-0.05, 0) is 18.9 Å². The Kier molecular flexibility index (Phi) is 6.64. The highest BCUT2D eigenvalue weighted by atomic mass is 79.9. The average Bonchev–Trinajstić information content (AvgIpc) is 2.47. The number of carbonyl (C=O) groups is 1. The molecule has 20 heavy (non-hydrogen) atoms. The van der Waals surface area contributed by atoms with Gasteiger partial charge in [0.1, 0.15) is 0 Å². The maximum Gasteiger partial charge on any atom is 0.270 e. The van der Waals surface area contributed by atoms with Crippen molar-refractivity contribution in [2.24, 2.45) is 0 Å². The van der Waals surface area contributed by atoms with E-state index in [0.717, 1.165) is 12.8 Å². The summed E-state index contributed by atoms with van der Waals surface area (Å²) in [6.45, 7) is 4.67. The second-order valence-corrected chi connectivity index (χ2v) is 5.26. The summed E-state index contributed by atoms with van der Waals surface area (Å²) in [4.78, 5) is 24.6. The molecule has 0 saturated carbocycles. The number of halogens is 1. The summed E-state index contributed by atoms with van der Waals surface area (Å²) < 4.78 is 0. The van der Waals surface area contributed by atoms with Crippen LogP contribution in [0, 0.1) is 10.1 Å². The molecule has 0 bridgehead atoms. The smallest absolute Gasteiger partial charge is 0.270 e. The van der Waals surface area contributed by atoms with Gasteiger partial charge in [0.15, 0.2) is 0 Å². The van der Waals surface area contributed by atoms with Crippen LogP contribution in [0.1, 0.15) is 37.0 Å². The van der Waals surface area contributed by atoms with Gasteiger partial charge in [-0.15, -0.1) is 0 Å². The number of nitro groups is 1. The van der Waals surface area contributed by atoms with Gasteiger partial charge < -0.3 is 4.90 Å². The average molecular weight is 343 g/mol. The first-order valence-electron chi connectivity index (χ1n) is 6.66. The molecule has 0 heterocycles. The Balaban J connectivity index is 3.05. The summed E-state index contributed by atoms with van der Waals surface area (Å²) in [7, 11) is 0. The third-order valence-electron chi connectivity index (χ3n) is 3.27. The molecular formula is C14H19BrN2O3. The lowest BCUT2D eigenvalue weighted by Crippen LogP contribution is -2.41. The summed E-state index contributed by atoms with van der Waals surface area (Å²) in [6.07, 6.45) is 1.73. The molecule has 5 nitrogen and oxygen atoms in total. The fourth-order valence-electron chi connectivity index (χ4n) is 2.19. The molecular weight excluding hydrogens is 324 g/mol. The van der Waals surface area contributed by atoms with E-state index < -0.39 is 4.92 Å². The summed E-state index contributed by atoms with van der Waals surface area (Å²) in [5, 5.41) is 11.5. The Morgan fingerprint density at radius 3 is 2.55 bits per heavy atom. The molecule has 0 aliphatic carbocycles. The zero-order valence-corrected chi connectivity index (χ0v) is 13.3. The molecule has 1 aromatic carbocycles. The quantitative estimate of drug-likeness (QED) is 0.431. The van der Waals surface area contributed by atoms with E-state index in [4.69, 9.17) is 0 Å². The Morgan fingerprint density at radius 2 is 2.05 bits per heavy atom. The molecule has 110 valence electrons. The van der Waals surface area contributed by atoms with Crippen molar-refractivity contribution < 1.29 is 9.72 Å². The van der Waals surface area contributed by atoms with Crippen LogP contribution in [-0.2, 0) is 0 Å². The first-order chi connectivity index (χ1) is 9.54. The van der Waals surface area contributed by atoms with Crippen LogP contribution in [0.4, 0.5) is 5.69 Å². The Morgan fingerprint density at radius 1 is 1.40 bits per heavy atom. The van der Waals surface area contributed by atoms with Crippen LogP contribution < -0.4 is 0 Å². The van der Waals surface area contributed by atoms with Gasteiger partial charge in [0.05, 0.1) is 4.92 Å². The maximum absolute atomic E-state index is 12.6. The SMILES string of the molecule is CCC(CC)N(CCBr)C(=O)c1cccc([N+](=O)[O-])c1. The molecule has 0 aromatic heterocycles.